The normalized spacial score (nSPS) is 14.1. The van der Waals surface area contributed by atoms with Crippen LogP contribution in [0.25, 0.3) is 11.3 Å². The summed E-state index contributed by atoms with van der Waals surface area (Å²) >= 11 is 1.52. The minimum atomic E-state index is -0.546. The molecule has 0 spiro atoms. The summed E-state index contributed by atoms with van der Waals surface area (Å²) in [5.41, 5.74) is 5.60. The van der Waals surface area contributed by atoms with Crippen molar-refractivity contribution >= 4 is 17.4 Å². The predicted molar refractivity (Wildman–Crippen MR) is 133 cm³/mol. The molecule has 5 rings (SSSR count). The molecule has 4 aromatic rings. The molecule has 1 aliphatic rings. The SMILES string of the molecule is COc1ccc([C@@H]2Nc3ccccc3-c3nnc(SCc4ccc(C)cc4)nc3O2)c(OC)c1. The molecule has 8 heteroatoms. The van der Waals surface area contributed by atoms with Gasteiger partial charge in [-0.05, 0) is 30.7 Å². The average molecular weight is 473 g/mol. The van der Waals surface area contributed by atoms with Crippen LogP contribution in [0.15, 0.2) is 71.9 Å². The van der Waals surface area contributed by atoms with Crippen LogP contribution in [0, 0.1) is 6.92 Å². The zero-order valence-corrected chi connectivity index (χ0v) is 19.9. The van der Waals surface area contributed by atoms with Crippen molar-refractivity contribution in [3.63, 3.8) is 0 Å². The molecule has 0 unspecified atom stereocenters. The predicted octanol–water partition coefficient (Wildman–Crippen LogP) is 5.66. The van der Waals surface area contributed by atoms with Crippen molar-refractivity contribution in [2.75, 3.05) is 19.5 Å². The van der Waals surface area contributed by atoms with E-state index in [2.05, 4.69) is 46.7 Å². The number of ether oxygens (including phenoxy) is 3. The molecule has 0 aliphatic carbocycles. The Kier molecular flexibility index (Phi) is 6.22. The Morgan fingerprint density at radius 2 is 1.79 bits per heavy atom. The highest BCUT2D eigenvalue weighted by Crippen LogP contribution is 2.41. The van der Waals surface area contributed by atoms with Crippen molar-refractivity contribution in [2.24, 2.45) is 0 Å². The summed E-state index contributed by atoms with van der Waals surface area (Å²) in [6.45, 7) is 2.08. The number of nitrogens with one attached hydrogen (secondary N) is 1. The van der Waals surface area contributed by atoms with Gasteiger partial charge in [-0.2, -0.15) is 4.98 Å². The van der Waals surface area contributed by atoms with Gasteiger partial charge in [-0.3, -0.25) is 0 Å². The molecule has 1 N–H and O–H groups in total. The number of benzene rings is 3. The average Bonchev–Trinajstić information content (AvgIpc) is 3.04. The number of fused-ring (bicyclic) bond motifs is 3. The van der Waals surface area contributed by atoms with Gasteiger partial charge in [0.2, 0.25) is 17.3 Å². The summed E-state index contributed by atoms with van der Waals surface area (Å²) in [5.74, 6) is 2.51. The number of rotatable bonds is 6. The van der Waals surface area contributed by atoms with Crippen LogP contribution in [0.1, 0.15) is 22.9 Å². The summed E-state index contributed by atoms with van der Waals surface area (Å²) in [5, 5.41) is 12.9. The van der Waals surface area contributed by atoms with Gasteiger partial charge in [0.15, 0.2) is 5.69 Å². The zero-order valence-electron chi connectivity index (χ0n) is 19.1. The van der Waals surface area contributed by atoms with Gasteiger partial charge in [-0.15, -0.1) is 10.2 Å². The standard InChI is InChI=1S/C26H24N4O3S/c1-16-8-10-17(11-9-16)15-34-26-28-25-23(29-30-26)19-6-4-5-7-21(19)27-24(33-25)20-13-12-18(31-2)14-22(20)32-3/h4-14,24,27H,15H2,1-3H3/t24-/m1/s1. The second kappa shape index (κ2) is 9.61. The van der Waals surface area contributed by atoms with Crippen LogP contribution in [-0.2, 0) is 5.75 Å². The van der Waals surface area contributed by atoms with E-state index in [0.717, 1.165) is 22.6 Å². The van der Waals surface area contributed by atoms with Crippen LogP contribution in [0.4, 0.5) is 5.69 Å². The molecule has 1 aromatic heterocycles. The van der Waals surface area contributed by atoms with Gasteiger partial charge < -0.3 is 19.5 Å². The second-order valence-electron chi connectivity index (χ2n) is 7.82. The van der Waals surface area contributed by atoms with Crippen molar-refractivity contribution in [2.45, 2.75) is 24.1 Å². The van der Waals surface area contributed by atoms with Gasteiger partial charge in [-0.25, -0.2) is 0 Å². The number of methoxy groups -OCH3 is 2. The lowest BCUT2D eigenvalue weighted by Crippen LogP contribution is -2.18. The van der Waals surface area contributed by atoms with Crippen LogP contribution < -0.4 is 19.5 Å². The Labute approximate surface area is 202 Å². The Hall–Kier alpha value is -3.78. The van der Waals surface area contributed by atoms with E-state index in [1.807, 2.05) is 42.5 Å². The maximum Gasteiger partial charge on any atom is 0.247 e. The van der Waals surface area contributed by atoms with E-state index < -0.39 is 6.23 Å². The van der Waals surface area contributed by atoms with Crippen molar-refractivity contribution in [3.8, 4) is 28.6 Å². The van der Waals surface area contributed by atoms with Crippen molar-refractivity contribution < 1.29 is 14.2 Å². The third-order valence-corrected chi connectivity index (χ3v) is 6.45. The highest BCUT2D eigenvalue weighted by molar-refractivity contribution is 7.98. The minimum Gasteiger partial charge on any atom is -0.497 e. The molecule has 0 fully saturated rings. The van der Waals surface area contributed by atoms with E-state index in [9.17, 15) is 0 Å². The molecule has 0 saturated carbocycles. The molecule has 0 radical (unpaired) electrons. The maximum atomic E-state index is 6.39. The maximum absolute atomic E-state index is 6.39. The molecular weight excluding hydrogens is 448 g/mol. The van der Waals surface area contributed by atoms with E-state index in [0.29, 0.717) is 28.2 Å². The topological polar surface area (TPSA) is 78.4 Å². The van der Waals surface area contributed by atoms with E-state index in [1.165, 1.54) is 22.9 Å². The van der Waals surface area contributed by atoms with Gasteiger partial charge in [0.1, 0.15) is 11.5 Å². The molecule has 1 atom stereocenters. The van der Waals surface area contributed by atoms with Gasteiger partial charge >= 0.3 is 0 Å². The van der Waals surface area contributed by atoms with Gasteiger partial charge in [0.25, 0.3) is 0 Å². The molecule has 3 aromatic carbocycles. The first-order chi connectivity index (χ1) is 16.6. The number of aryl methyl sites for hydroxylation is 1. The van der Waals surface area contributed by atoms with Crippen LogP contribution in [0.2, 0.25) is 0 Å². The highest BCUT2D eigenvalue weighted by Gasteiger charge is 2.28. The van der Waals surface area contributed by atoms with Crippen molar-refractivity contribution in [3.05, 3.63) is 83.4 Å². The number of hydrogen-bond donors (Lipinski definition) is 1. The van der Waals surface area contributed by atoms with Crippen LogP contribution in [0.3, 0.4) is 0 Å². The molecule has 0 bridgehead atoms. The highest BCUT2D eigenvalue weighted by atomic mass is 32.2. The lowest BCUT2D eigenvalue weighted by atomic mass is 10.1. The third kappa shape index (κ3) is 4.49. The first kappa shape index (κ1) is 22.0. The first-order valence-corrected chi connectivity index (χ1v) is 11.8. The van der Waals surface area contributed by atoms with Gasteiger partial charge in [0.05, 0.1) is 19.8 Å². The Balaban J connectivity index is 1.50. The molecular formula is C26H24N4O3S. The van der Waals surface area contributed by atoms with Crippen LogP contribution >= 0.6 is 11.8 Å². The van der Waals surface area contributed by atoms with E-state index in [-0.39, 0.29) is 0 Å². The molecule has 7 nitrogen and oxygen atoms in total. The number of thioether (sulfide) groups is 1. The summed E-state index contributed by atoms with van der Waals surface area (Å²) in [4.78, 5) is 4.73. The summed E-state index contributed by atoms with van der Waals surface area (Å²) in [6.07, 6.45) is -0.546. The fourth-order valence-electron chi connectivity index (χ4n) is 3.72. The minimum absolute atomic E-state index is 0.418. The van der Waals surface area contributed by atoms with Gasteiger partial charge in [0, 0.05) is 23.1 Å². The molecule has 0 amide bonds. The van der Waals surface area contributed by atoms with E-state index in [1.54, 1.807) is 14.2 Å². The largest absolute Gasteiger partial charge is 0.497 e. The number of nitrogens with zero attached hydrogens (tertiary/aromatic N) is 3. The summed E-state index contributed by atoms with van der Waals surface area (Å²) in [7, 11) is 3.25. The number of para-hydroxylation sites is 1. The Morgan fingerprint density at radius 1 is 0.971 bits per heavy atom. The molecule has 2 heterocycles. The third-order valence-electron chi connectivity index (χ3n) is 5.55. The fraction of sp³-hybridized carbons (Fsp3) is 0.192. The van der Waals surface area contributed by atoms with Crippen molar-refractivity contribution in [1.29, 1.82) is 0 Å². The van der Waals surface area contributed by atoms with Crippen LogP contribution in [-0.4, -0.2) is 29.4 Å². The number of hydrogen-bond acceptors (Lipinski definition) is 8. The van der Waals surface area contributed by atoms with Gasteiger partial charge in [-0.1, -0.05) is 59.8 Å². The second-order valence-corrected chi connectivity index (χ2v) is 8.76. The van der Waals surface area contributed by atoms with Crippen molar-refractivity contribution in [1.82, 2.24) is 15.2 Å². The monoisotopic (exact) mass is 472 g/mol. The number of anilines is 1. The quantitative estimate of drug-likeness (QED) is 0.360. The van der Waals surface area contributed by atoms with E-state index >= 15 is 0 Å². The zero-order chi connectivity index (χ0) is 23.5. The smallest absolute Gasteiger partial charge is 0.247 e. The molecule has 34 heavy (non-hydrogen) atoms. The first-order valence-electron chi connectivity index (χ1n) is 10.8. The lowest BCUT2D eigenvalue weighted by Gasteiger charge is -2.21. The molecule has 1 aliphatic heterocycles. The molecule has 0 saturated heterocycles. The molecule has 172 valence electrons. The lowest BCUT2D eigenvalue weighted by molar-refractivity contribution is 0.219. The Bertz CT molecular complexity index is 1310. The van der Waals surface area contributed by atoms with E-state index in [4.69, 9.17) is 19.2 Å². The fourth-order valence-corrected chi connectivity index (χ4v) is 4.45. The summed E-state index contributed by atoms with van der Waals surface area (Å²) < 4.78 is 17.4. The Morgan fingerprint density at radius 3 is 2.59 bits per heavy atom. The summed E-state index contributed by atoms with van der Waals surface area (Å²) in [6, 6.07) is 21.9. The van der Waals surface area contributed by atoms with Crippen LogP contribution in [0.5, 0.6) is 17.4 Å². The number of aromatic nitrogens is 3.